The molecule has 1 fully saturated rings. The second kappa shape index (κ2) is 14.5. The van der Waals surface area contributed by atoms with Crippen LogP contribution in [0.5, 0.6) is 0 Å². The van der Waals surface area contributed by atoms with Crippen molar-refractivity contribution in [1.29, 1.82) is 0 Å². The summed E-state index contributed by atoms with van der Waals surface area (Å²) in [5, 5.41) is 4.19. The van der Waals surface area contributed by atoms with Crippen molar-refractivity contribution in [3.8, 4) is 0 Å². The van der Waals surface area contributed by atoms with Crippen molar-refractivity contribution in [2.24, 2.45) is 5.92 Å². The van der Waals surface area contributed by atoms with Crippen LogP contribution in [-0.2, 0) is 8.85 Å². The molecule has 228 valence electrons. The Morgan fingerprint density at radius 3 is 1.90 bits per heavy atom. The summed E-state index contributed by atoms with van der Waals surface area (Å²) < 4.78 is 14.1. The van der Waals surface area contributed by atoms with Crippen molar-refractivity contribution in [1.82, 2.24) is 0 Å². The second-order valence-electron chi connectivity index (χ2n) is 13.7. The van der Waals surface area contributed by atoms with Gasteiger partial charge in [0, 0.05) is 5.92 Å². The highest BCUT2D eigenvalue weighted by molar-refractivity contribution is 6.99. The number of allylic oxidation sites excluding steroid dienone is 5. The van der Waals surface area contributed by atoms with Gasteiger partial charge in [-0.3, -0.25) is 0 Å². The van der Waals surface area contributed by atoms with E-state index in [-0.39, 0.29) is 11.1 Å². The third-order valence-electron chi connectivity index (χ3n) is 9.34. The zero-order chi connectivity index (χ0) is 31.1. The fraction of sp³-hybridized carbons (Fsp3) is 0.474. The van der Waals surface area contributed by atoms with Crippen LogP contribution in [0.1, 0.15) is 82.6 Å². The molecule has 2 atom stereocenters. The molecule has 0 unspecified atom stereocenters. The molecule has 0 bridgehead atoms. The zero-order valence-corrected chi connectivity index (χ0v) is 30.2. The zero-order valence-electron chi connectivity index (χ0n) is 28.2. The van der Waals surface area contributed by atoms with E-state index in [1.165, 1.54) is 21.5 Å². The maximum absolute atomic E-state index is 7.07. The van der Waals surface area contributed by atoms with E-state index >= 15 is 0 Å². The highest BCUT2D eigenvalue weighted by Gasteiger charge is 2.55. The van der Waals surface area contributed by atoms with E-state index in [9.17, 15) is 0 Å². The lowest BCUT2D eigenvalue weighted by molar-refractivity contribution is 0.215. The Hall–Kier alpha value is -2.25. The molecule has 4 heteroatoms. The molecule has 0 amide bonds. The predicted octanol–water partition coefficient (Wildman–Crippen LogP) is 9.69. The van der Waals surface area contributed by atoms with E-state index < -0.39 is 16.6 Å². The normalized spacial score (nSPS) is 21.3. The van der Waals surface area contributed by atoms with Crippen molar-refractivity contribution >= 4 is 27.0 Å². The number of benzene rings is 2. The van der Waals surface area contributed by atoms with Crippen LogP contribution < -0.4 is 10.4 Å². The van der Waals surface area contributed by atoms with E-state index in [1.807, 2.05) is 0 Å². The van der Waals surface area contributed by atoms with Crippen molar-refractivity contribution in [2.75, 3.05) is 6.61 Å². The van der Waals surface area contributed by atoms with E-state index in [0.717, 1.165) is 6.42 Å². The van der Waals surface area contributed by atoms with Gasteiger partial charge in [0.2, 0.25) is 8.32 Å². The fourth-order valence-electron chi connectivity index (χ4n) is 7.02. The summed E-state index contributed by atoms with van der Waals surface area (Å²) >= 11 is 0. The molecule has 1 heterocycles. The fourth-order valence-corrected chi connectivity index (χ4v) is 16.9. The summed E-state index contributed by atoms with van der Waals surface area (Å²) in [6.07, 6.45) is 12.6. The smallest absolute Gasteiger partial charge is 0.261 e. The molecule has 0 aromatic heterocycles. The first-order valence-corrected chi connectivity index (χ1v) is 19.9. The molecule has 1 aliphatic rings. The number of hydrogen-bond acceptors (Lipinski definition) is 2. The molecule has 0 N–H and O–H groups in total. The molecule has 0 saturated carbocycles. The second-order valence-corrected chi connectivity index (χ2v) is 22.8. The highest BCUT2D eigenvalue weighted by atomic mass is 28.4. The summed E-state index contributed by atoms with van der Waals surface area (Å²) in [4.78, 5) is 0. The molecule has 1 aliphatic heterocycles. The van der Waals surface area contributed by atoms with Crippen molar-refractivity contribution in [3.05, 3.63) is 107 Å². The molecule has 0 radical (unpaired) electrons. The van der Waals surface area contributed by atoms with E-state index in [4.69, 9.17) is 8.85 Å². The molecule has 42 heavy (non-hydrogen) atoms. The lowest BCUT2D eigenvalue weighted by atomic mass is 9.97. The summed E-state index contributed by atoms with van der Waals surface area (Å²) in [6, 6.07) is 21.8. The van der Waals surface area contributed by atoms with Crippen LogP contribution in [0.15, 0.2) is 107 Å². The van der Waals surface area contributed by atoms with E-state index in [0.29, 0.717) is 23.6 Å². The van der Waals surface area contributed by atoms with Crippen LogP contribution in [0.2, 0.25) is 16.1 Å². The van der Waals surface area contributed by atoms with Gasteiger partial charge in [0.15, 0.2) is 0 Å². The van der Waals surface area contributed by atoms with Crippen LogP contribution in [0.4, 0.5) is 0 Å². The Labute approximate surface area is 259 Å². The molecule has 0 spiro atoms. The van der Waals surface area contributed by atoms with Gasteiger partial charge >= 0.3 is 0 Å². The molecular weight excluding hydrogens is 545 g/mol. The van der Waals surface area contributed by atoms with Crippen LogP contribution in [-0.4, -0.2) is 29.3 Å². The van der Waals surface area contributed by atoms with Gasteiger partial charge in [-0.25, -0.2) is 0 Å². The van der Waals surface area contributed by atoms with Crippen LogP contribution in [0.25, 0.3) is 0 Å². The first-order valence-electron chi connectivity index (χ1n) is 15.9. The van der Waals surface area contributed by atoms with Crippen LogP contribution in [0.3, 0.4) is 0 Å². The quantitative estimate of drug-likeness (QED) is 0.189. The SMILES string of the molecule is C/C=C(\C)[C@@H]1O[Si](C(C)C)(C(C)C)/C(=C\C=C\C/C(C)=C/CO[Si](c2ccccc2)(c2ccccc2)C(C)(C)C)[C@H]1C. The van der Waals surface area contributed by atoms with Gasteiger partial charge in [-0.15, -0.1) is 0 Å². The Kier molecular flexibility index (Phi) is 11.8. The standard InChI is InChI=1S/C38H56O2Si2/c1-12-32(7)37-33(8)36(41(40-37,29(2)3)30(4)5)26-20-19-21-31(6)27-28-39-42(38(9,10)11,34-22-15-13-16-23-34)35-24-17-14-18-25-35/h12-20,22-27,29-30,33,37H,21,28H2,1-11H3/b20-19+,31-27+,32-12+,36-26-/t33-,37+/m1/s1. The lowest BCUT2D eigenvalue weighted by Crippen LogP contribution is -2.66. The minimum absolute atomic E-state index is 0.0179. The summed E-state index contributed by atoms with van der Waals surface area (Å²) in [5.74, 6) is 0.416. The molecule has 2 aromatic carbocycles. The average Bonchev–Trinajstić information content (AvgIpc) is 3.26. The Balaban J connectivity index is 1.83. The summed E-state index contributed by atoms with van der Waals surface area (Å²) in [7, 11) is -4.61. The first-order chi connectivity index (χ1) is 19.8. The highest BCUT2D eigenvalue weighted by Crippen LogP contribution is 2.51. The Bertz CT molecular complexity index is 1220. The monoisotopic (exact) mass is 600 g/mol. The minimum Gasteiger partial charge on any atom is -0.405 e. The van der Waals surface area contributed by atoms with Gasteiger partial charge in [0.05, 0.1) is 12.7 Å². The third kappa shape index (κ3) is 6.94. The Morgan fingerprint density at radius 2 is 1.45 bits per heavy atom. The molecule has 0 aliphatic carbocycles. The maximum atomic E-state index is 7.07. The van der Waals surface area contributed by atoms with Crippen LogP contribution in [0, 0.1) is 5.92 Å². The third-order valence-corrected chi connectivity index (χ3v) is 19.9. The van der Waals surface area contributed by atoms with Crippen molar-refractivity contribution in [2.45, 2.75) is 105 Å². The van der Waals surface area contributed by atoms with Gasteiger partial charge in [-0.2, -0.15) is 0 Å². The van der Waals surface area contributed by atoms with Gasteiger partial charge in [0.1, 0.15) is 0 Å². The molecule has 1 saturated heterocycles. The van der Waals surface area contributed by atoms with E-state index in [2.05, 4.69) is 167 Å². The largest absolute Gasteiger partial charge is 0.405 e. The number of hydrogen-bond donors (Lipinski definition) is 0. The first kappa shape index (κ1) is 34.2. The topological polar surface area (TPSA) is 18.5 Å². The molecule has 3 rings (SSSR count). The lowest BCUT2D eigenvalue weighted by Gasteiger charge is -2.42. The number of rotatable bonds is 11. The maximum Gasteiger partial charge on any atom is 0.261 e. The molecule has 2 nitrogen and oxygen atoms in total. The summed E-state index contributed by atoms with van der Waals surface area (Å²) in [5.41, 5.74) is 3.76. The molecular formula is C38H56O2Si2. The minimum atomic E-state index is -2.52. The predicted molar refractivity (Wildman–Crippen MR) is 189 cm³/mol. The Morgan fingerprint density at radius 1 is 0.929 bits per heavy atom. The van der Waals surface area contributed by atoms with E-state index in [1.54, 1.807) is 5.20 Å². The van der Waals surface area contributed by atoms with Gasteiger partial charge in [0.25, 0.3) is 8.32 Å². The van der Waals surface area contributed by atoms with Gasteiger partial charge in [-0.1, -0.05) is 152 Å². The van der Waals surface area contributed by atoms with Crippen molar-refractivity contribution in [3.63, 3.8) is 0 Å². The average molecular weight is 601 g/mol. The van der Waals surface area contributed by atoms with Crippen molar-refractivity contribution < 1.29 is 8.85 Å². The molecule has 2 aromatic rings. The summed E-state index contributed by atoms with van der Waals surface area (Å²) in [6.45, 7) is 26.0. The van der Waals surface area contributed by atoms with Gasteiger partial charge < -0.3 is 8.85 Å². The van der Waals surface area contributed by atoms with Crippen LogP contribution >= 0.6 is 0 Å². The van der Waals surface area contributed by atoms with Gasteiger partial charge in [-0.05, 0) is 64.5 Å².